The fourth-order valence-electron chi connectivity index (χ4n) is 8.75. The number of fused-ring (bicyclic) bond motifs is 1. The third-order valence-corrected chi connectivity index (χ3v) is 9.13. The number of hydrogen-bond acceptors (Lipinski definition) is 2. The van der Waals surface area contributed by atoms with Crippen molar-refractivity contribution in [1.29, 1.82) is 0 Å². The van der Waals surface area contributed by atoms with Crippen molar-refractivity contribution in [3.8, 4) is 0 Å². The van der Waals surface area contributed by atoms with E-state index in [1.807, 2.05) is 6.20 Å². The fraction of sp³-hybridized carbons (Fsp3) is 0.667. The van der Waals surface area contributed by atoms with Crippen molar-refractivity contribution in [3.63, 3.8) is 0 Å². The predicted octanol–water partition coefficient (Wildman–Crippen LogP) is 2.80. The molecule has 2 N–H and O–H groups in total. The second-order valence-corrected chi connectivity index (χ2v) is 9.35. The van der Waals surface area contributed by atoms with E-state index < -0.39 is 17.5 Å². The SMILES string of the molecule is C[C@]12Cc3[n-]ccc3[C@]34CCC[C@@H]5CC[C@@H]1CC(=C(C(=O)O)[C@@H]3O)[C@]524. The van der Waals surface area contributed by atoms with Crippen molar-refractivity contribution in [2.24, 2.45) is 22.7 Å². The van der Waals surface area contributed by atoms with Crippen LogP contribution in [-0.4, -0.2) is 22.3 Å². The maximum absolute atomic E-state index is 12.2. The van der Waals surface area contributed by atoms with Gasteiger partial charge in [-0.05, 0) is 61.3 Å². The smallest absolute Gasteiger partial charge is 0.334 e. The summed E-state index contributed by atoms with van der Waals surface area (Å²) in [6, 6.07) is 2.08. The molecule has 3 fully saturated rings. The minimum absolute atomic E-state index is 0.0399. The Morgan fingerprint density at radius 2 is 2.08 bits per heavy atom. The van der Waals surface area contributed by atoms with Crippen LogP contribution in [0.4, 0.5) is 0 Å². The Balaban J connectivity index is 1.79. The van der Waals surface area contributed by atoms with E-state index in [-0.39, 0.29) is 10.8 Å². The topological polar surface area (TPSA) is 71.6 Å². The Morgan fingerprint density at radius 3 is 2.88 bits per heavy atom. The summed E-state index contributed by atoms with van der Waals surface area (Å²) in [5.74, 6) is 0.139. The zero-order valence-electron chi connectivity index (χ0n) is 14.6. The van der Waals surface area contributed by atoms with Gasteiger partial charge in [0.2, 0.25) is 0 Å². The summed E-state index contributed by atoms with van der Waals surface area (Å²) in [7, 11) is 0. The summed E-state index contributed by atoms with van der Waals surface area (Å²) in [4.78, 5) is 16.9. The van der Waals surface area contributed by atoms with Crippen molar-refractivity contribution in [2.75, 3.05) is 0 Å². The molecule has 6 rings (SSSR count). The van der Waals surface area contributed by atoms with Gasteiger partial charge in [-0.3, -0.25) is 0 Å². The largest absolute Gasteiger partial charge is 0.667 e. The number of nitrogens with zero attached hydrogens (tertiary/aromatic N) is 1. The zero-order chi connectivity index (χ0) is 17.2. The first-order chi connectivity index (χ1) is 12.0. The molecule has 0 amide bonds. The monoisotopic (exact) mass is 338 g/mol. The Kier molecular flexibility index (Phi) is 2.37. The van der Waals surface area contributed by atoms with Crippen LogP contribution < -0.4 is 4.98 Å². The Bertz CT molecular complexity index is 853. The maximum atomic E-state index is 12.2. The van der Waals surface area contributed by atoms with Gasteiger partial charge in [0.05, 0.1) is 11.7 Å². The molecule has 2 bridgehead atoms. The molecule has 4 nitrogen and oxygen atoms in total. The lowest BCUT2D eigenvalue weighted by Gasteiger charge is -2.68. The van der Waals surface area contributed by atoms with Gasteiger partial charge in [0, 0.05) is 10.8 Å². The number of aliphatic hydroxyl groups is 1. The molecule has 5 aliphatic rings. The molecule has 1 aromatic heterocycles. The molecule has 0 aliphatic heterocycles. The molecule has 0 radical (unpaired) electrons. The van der Waals surface area contributed by atoms with Gasteiger partial charge < -0.3 is 15.2 Å². The van der Waals surface area contributed by atoms with Gasteiger partial charge in [-0.2, -0.15) is 11.9 Å². The molecule has 132 valence electrons. The molecule has 1 aromatic rings. The van der Waals surface area contributed by atoms with Crippen molar-refractivity contribution in [1.82, 2.24) is 4.98 Å². The molecule has 0 saturated heterocycles. The predicted molar refractivity (Wildman–Crippen MR) is 91.0 cm³/mol. The van der Waals surface area contributed by atoms with Gasteiger partial charge >= 0.3 is 5.97 Å². The first-order valence-corrected chi connectivity index (χ1v) is 9.74. The van der Waals surface area contributed by atoms with E-state index in [1.165, 1.54) is 24.8 Å². The van der Waals surface area contributed by atoms with Crippen LogP contribution in [0.15, 0.2) is 23.4 Å². The summed E-state index contributed by atoms with van der Waals surface area (Å²) in [6.07, 6.45) is 8.34. The molecule has 6 atom stereocenters. The van der Waals surface area contributed by atoms with Crippen LogP contribution in [0.3, 0.4) is 0 Å². The number of hydrogen-bond donors (Lipinski definition) is 2. The molecule has 3 saturated carbocycles. The van der Waals surface area contributed by atoms with E-state index in [0.29, 0.717) is 17.4 Å². The van der Waals surface area contributed by atoms with Gasteiger partial charge in [-0.1, -0.05) is 25.0 Å². The lowest BCUT2D eigenvalue weighted by molar-refractivity contribution is -0.146. The molecule has 1 spiro atoms. The quantitative estimate of drug-likeness (QED) is 0.826. The van der Waals surface area contributed by atoms with Gasteiger partial charge in [-0.15, -0.1) is 0 Å². The average molecular weight is 338 g/mol. The van der Waals surface area contributed by atoms with Gasteiger partial charge in [0.25, 0.3) is 0 Å². The average Bonchev–Trinajstić information content (AvgIpc) is 3.13. The Hall–Kier alpha value is -1.55. The number of allylic oxidation sites excluding steroid dienone is 1. The second-order valence-electron chi connectivity index (χ2n) is 9.35. The maximum Gasteiger partial charge on any atom is 0.334 e. The normalized spacial score (nSPS) is 49.1. The Morgan fingerprint density at radius 1 is 1.28 bits per heavy atom. The minimum atomic E-state index is -0.901. The van der Waals surface area contributed by atoms with Crippen LogP contribution in [-0.2, 0) is 16.6 Å². The van der Waals surface area contributed by atoms with Crippen LogP contribution in [0.1, 0.15) is 56.7 Å². The molecular weight excluding hydrogens is 314 g/mol. The van der Waals surface area contributed by atoms with E-state index in [9.17, 15) is 15.0 Å². The summed E-state index contributed by atoms with van der Waals surface area (Å²) in [6.45, 7) is 2.39. The second kappa shape index (κ2) is 4.06. The highest BCUT2D eigenvalue weighted by Crippen LogP contribution is 2.83. The fourth-order valence-corrected chi connectivity index (χ4v) is 8.75. The van der Waals surface area contributed by atoms with Crippen molar-refractivity contribution in [2.45, 2.75) is 63.4 Å². The number of carbonyl (C=O) groups is 1. The van der Waals surface area contributed by atoms with Crippen LogP contribution in [0, 0.1) is 22.7 Å². The zero-order valence-corrected chi connectivity index (χ0v) is 14.6. The van der Waals surface area contributed by atoms with E-state index in [2.05, 4.69) is 18.0 Å². The minimum Gasteiger partial charge on any atom is -0.667 e. The molecule has 4 heteroatoms. The molecule has 25 heavy (non-hydrogen) atoms. The highest BCUT2D eigenvalue weighted by atomic mass is 16.4. The highest BCUT2D eigenvalue weighted by Gasteiger charge is 2.80. The van der Waals surface area contributed by atoms with Crippen molar-refractivity contribution < 1.29 is 15.0 Å². The first kappa shape index (κ1) is 14.6. The molecule has 0 aromatic carbocycles. The van der Waals surface area contributed by atoms with Crippen LogP contribution in [0.25, 0.3) is 0 Å². The van der Waals surface area contributed by atoms with Crippen molar-refractivity contribution >= 4 is 5.97 Å². The third-order valence-electron chi connectivity index (χ3n) is 9.13. The summed E-state index contributed by atoms with van der Waals surface area (Å²) < 4.78 is 0. The number of aliphatic carboxylic acids is 1. The first-order valence-electron chi connectivity index (χ1n) is 9.74. The molecule has 1 heterocycles. The number of aliphatic hydroxyl groups excluding tert-OH is 1. The highest BCUT2D eigenvalue weighted by molar-refractivity contribution is 5.92. The number of rotatable bonds is 1. The van der Waals surface area contributed by atoms with Gasteiger partial charge in [0.15, 0.2) is 0 Å². The summed E-state index contributed by atoms with van der Waals surface area (Å²) in [5.41, 5.74) is 3.18. The number of carboxylic acid groups (broad SMARTS) is 1. The van der Waals surface area contributed by atoms with E-state index >= 15 is 0 Å². The molecule has 5 aliphatic carbocycles. The van der Waals surface area contributed by atoms with Crippen molar-refractivity contribution in [3.05, 3.63) is 34.7 Å². The summed E-state index contributed by atoms with van der Waals surface area (Å²) >= 11 is 0. The molecule has 0 unspecified atom stereocenters. The van der Waals surface area contributed by atoms with Crippen LogP contribution in [0.5, 0.6) is 0 Å². The van der Waals surface area contributed by atoms with Crippen LogP contribution in [0.2, 0.25) is 0 Å². The third kappa shape index (κ3) is 1.17. The van der Waals surface area contributed by atoms with Gasteiger partial charge in [-0.25, -0.2) is 4.79 Å². The van der Waals surface area contributed by atoms with E-state index in [0.717, 1.165) is 37.0 Å². The Labute approximate surface area is 147 Å². The lowest BCUT2D eigenvalue weighted by Crippen LogP contribution is -2.66. The molecular formula is C21H24NO3-. The van der Waals surface area contributed by atoms with Gasteiger partial charge in [0.1, 0.15) is 0 Å². The number of aromatic nitrogens is 1. The van der Waals surface area contributed by atoms with Crippen LogP contribution >= 0.6 is 0 Å². The van der Waals surface area contributed by atoms with E-state index in [4.69, 9.17) is 0 Å². The lowest BCUT2D eigenvalue weighted by atomic mass is 9.36. The van der Waals surface area contributed by atoms with E-state index in [1.54, 1.807) is 0 Å². The summed E-state index contributed by atoms with van der Waals surface area (Å²) in [5, 5.41) is 21.5. The standard InChI is InChI=1S/C21H24NO3/c1-19-10-15-13(6-8-22-15)20-7-2-3-11-4-5-12(19)9-14(21(11,19)20)16(17(20)23)18(24)25/h6,8,11-12,17,23H,2-5,7,9-10H2,1H3,(H,24,25)/q-1/t11-,12-,17+,19+,20-,21-/m1/s1. The number of carboxylic acids is 1.